The van der Waals surface area contributed by atoms with Gasteiger partial charge >= 0.3 is 0 Å². The van der Waals surface area contributed by atoms with Crippen molar-refractivity contribution < 1.29 is 0 Å². The Hall–Kier alpha value is -1.20. The van der Waals surface area contributed by atoms with Crippen LogP contribution in [-0.4, -0.2) is 41.6 Å². The fourth-order valence-electron chi connectivity index (χ4n) is 1.72. The second-order valence-corrected chi connectivity index (χ2v) is 5.27. The molecule has 1 heterocycles. The molecule has 1 aromatic rings. The summed E-state index contributed by atoms with van der Waals surface area (Å²) in [5.74, 6) is 0. The van der Waals surface area contributed by atoms with Crippen molar-refractivity contribution in [3.63, 3.8) is 0 Å². The third kappa shape index (κ3) is 3.65. The summed E-state index contributed by atoms with van der Waals surface area (Å²) in [6.07, 6.45) is 0. The Kier molecular flexibility index (Phi) is 5.04. The lowest BCUT2D eigenvalue weighted by molar-refractivity contribution is 0.326. The van der Waals surface area contributed by atoms with E-state index < -0.39 is 0 Å². The number of aryl methyl sites for hydroxylation is 2. The van der Waals surface area contributed by atoms with Crippen molar-refractivity contribution in [2.75, 3.05) is 26.0 Å². The highest BCUT2D eigenvalue weighted by atomic mass is 32.1. The highest BCUT2D eigenvalue weighted by Gasteiger charge is 2.12. The number of nitrogens with one attached hydrogen (secondary N) is 1. The monoisotopic (exact) mass is 266 g/mol. The molecule has 4 nitrogen and oxygen atoms in total. The van der Waals surface area contributed by atoms with Crippen LogP contribution in [0.15, 0.2) is 6.07 Å². The molecule has 0 spiro atoms. The van der Waals surface area contributed by atoms with Gasteiger partial charge in [0.05, 0.1) is 5.56 Å². The van der Waals surface area contributed by atoms with Gasteiger partial charge in [-0.2, -0.15) is 0 Å². The van der Waals surface area contributed by atoms with E-state index in [9.17, 15) is 0 Å². The molecule has 0 fully saturated rings. The number of pyridine rings is 1. The average molecular weight is 266 g/mol. The van der Waals surface area contributed by atoms with Crippen molar-refractivity contribution >= 4 is 22.9 Å². The van der Waals surface area contributed by atoms with Gasteiger partial charge in [0, 0.05) is 29.7 Å². The Morgan fingerprint density at radius 3 is 2.61 bits per heavy atom. The number of hydrogen-bond donors (Lipinski definition) is 2. The molecule has 0 amide bonds. The van der Waals surface area contributed by atoms with Crippen molar-refractivity contribution in [3.05, 3.63) is 23.0 Å². The van der Waals surface area contributed by atoms with Crippen LogP contribution in [0.5, 0.6) is 0 Å². The van der Waals surface area contributed by atoms with Crippen molar-refractivity contribution in [1.29, 1.82) is 0 Å². The van der Waals surface area contributed by atoms with Gasteiger partial charge in [-0.3, -0.25) is 4.98 Å². The summed E-state index contributed by atoms with van der Waals surface area (Å²) in [6.45, 7) is 6.90. The lowest BCUT2D eigenvalue weighted by atomic mass is 10.1. The van der Waals surface area contributed by atoms with E-state index in [1.165, 1.54) is 0 Å². The lowest BCUT2D eigenvalue weighted by Gasteiger charge is -2.22. The summed E-state index contributed by atoms with van der Waals surface area (Å²) in [6, 6.07) is 2.42. The maximum Gasteiger partial charge on any atom is 0.107 e. The molecular weight excluding hydrogens is 244 g/mol. The fourth-order valence-corrected chi connectivity index (χ4v) is 1.98. The maximum atomic E-state index is 5.77. The van der Waals surface area contributed by atoms with Crippen molar-refractivity contribution in [1.82, 2.24) is 9.88 Å². The average Bonchev–Trinajstić information content (AvgIpc) is 2.23. The third-order valence-corrected chi connectivity index (χ3v) is 3.25. The molecule has 1 rings (SSSR count). The van der Waals surface area contributed by atoms with Gasteiger partial charge in [-0.1, -0.05) is 12.2 Å². The van der Waals surface area contributed by atoms with Crippen LogP contribution < -0.4 is 11.1 Å². The Morgan fingerprint density at radius 1 is 1.50 bits per heavy atom. The molecule has 0 saturated heterocycles. The molecule has 0 aromatic carbocycles. The van der Waals surface area contributed by atoms with Gasteiger partial charge in [0.1, 0.15) is 4.99 Å². The molecule has 5 heteroatoms. The van der Waals surface area contributed by atoms with Crippen molar-refractivity contribution in [2.24, 2.45) is 5.73 Å². The van der Waals surface area contributed by atoms with E-state index in [2.05, 4.69) is 36.2 Å². The summed E-state index contributed by atoms with van der Waals surface area (Å²) in [5, 5.41) is 3.41. The van der Waals surface area contributed by atoms with Gasteiger partial charge in [-0.25, -0.2) is 0 Å². The van der Waals surface area contributed by atoms with E-state index in [-0.39, 0.29) is 0 Å². The van der Waals surface area contributed by atoms with Gasteiger partial charge in [-0.15, -0.1) is 0 Å². The highest BCUT2D eigenvalue weighted by molar-refractivity contribution is 7.80. The number of aromatic nitrogens is 1. The number of likely N-dealkylation sites (N-methyl/N-ethyl adjacent to an activating group) is 1. The van der Waals surface area contributed by atoms with Gasteiger partial charge in [0.15, 0.2) is 0 Å². The lowest BCUT2D eigenvalue weighted by Crippen LogP contribution is -2.32. The first kappa shape index (κ1) is 14.9. The molecule has 0 bridgehead atoms. The molecule has 3 N–H and O–H groups in total. The van der Waals surface area contributed by atoms with Gasteiger partial charge in [0.25, 0.3) is 0 Å². The number of nitrogens with zero attached hydrogens (tertiary/aromatic N) is 2. The summed E-state index contributed by atoms with van der Waals surface area (Å²) in [4.78, 5) is 6.95. The van der Waals surface area contributed by atoms with Crippen LogP contribution in [0.1, 0.15) is 23.9 Å². The van der Waals surface area contributed by atoms with Crippen LogP contribution in [0.2, 0.25) is 0 Å². The van der Waals surface area contributed by atoms with E-state index in [0.29, 0.717) is 11.0 Å². The minimum Gasteiger partial charge on any atom is -0.389 e. The van der Waals surface area contributed by atoms with Crippen molar-refractivity contribution in [2.45, 2.75) is 26.8 Å². The minimum absolute atomic E-state index is 0.389. The summed E-state index contributed by atoms with van der Waals surface area (Å²) in [7, 11) is 4.12. The van der Waals surface area contributed by atoms with E-state index in [0.717, 1.165) is 29.2 Å². The minimum atomic E-state index is 0.389. The number of anilines is 1. The molecule has 0 aliphatic carbocycles. The summed E-state index contributed by atoms with van der Waals surface area (Å²) in [5.41, 5.74) is 9.44. The third-order valence-electron chi connectivity index (χ3n) is 3.04. The molecule has 0 radical (unpaired) electrons. The Morgan fingerprint density at radius 2 is 2.11 bits per heavy atom. The molecule has 1 atom stereocenters. The fraction of sp³-hybridized carbons (Fsp3) is 0.538. The largest absolute Gasteiger partial charge is 0.389 e. The Bertz CT molecular complexity index is 443. The number of hydrogen-bond acceptors (Lipinski definition) is 4. The van der Waals surface area contributed by atoms with E-state index in [1.54, 1.807) is 0 Å². The number of thiocarbonyl (C=S) groups is 1. The van der Waals surface area contributed by atoms with Gasteiger partial charge in [0.2, 0.25) is 0 Å². The zero-order valence-electron chi connectivity index (χ0n) is 11.7. The smallest absolute Gasteiger partial charge is 0.107 e. The first-order valence-electron chi connectivity index (χ1n) is 6.01. The first-order valence-corrected chi connectivity index (χ1v) is 6.42. The van der Waals surface area contributed by atoms with Crippen LogP contribution in [0.4, 0.5) is 5.69 Å². The zero-order valence-corrected chi connectivity index (χ0v) is 12.6. The van der Waals surface area contributed by atoms with Crippen LogP contribution in [0, 0.1) is 13.8 Å². The van der Waals surface area contributed by atoms with Crippen LogP contribution in [0.25, 0.3) is 0 Å². The standard InChI is InChI=1S/C13H22N4S/c1-8-6-11(15-7-9(2)17(4)5)12(13(14)18)10(3)16-8/h6,9H,7H2,1-5H3,(H2,14,18)(H,15,16). The zero-order chi connectivity index (χ0) is 13.9. The molecule has 0 aliphatic rings. The summed E-state index contributed by atoms with van der Waals surface area (Å²) < 4.78 is 0. The quantitative estimate of drug-likeness (QED) is 0.794. The molecule has 1 aromatic heterocycles. The molecule has 18 heavy (non-hydrogen) atoms. The second kappa shape index (κ2) is 6.11. The topological polar surface area (TPSA) is 54.2 Å². The predicted octanol–water partition coefficient (Wildman–Crippen LogP) is 1.69. The van der Waals surface area contributed by atoms with E-state index >= 15 is 0 Å². The second-order valence-electron chi connectivity index (χ2n) is 4.83. The molecule has 100 valence electrons. The predicted molar refractivity (Wildman–Crippen MR) is 81.2 cm³/mol. The SMILES string of the molecule is Cc1cc(NCC(C)N(C)C)c(C(N)=S)c(C)n1. The normalized spacial score (nSPS) is 12.6. The Balaban J connectivity index is 2.97. The molecule has 0 saturated carbocycles. The van der Waals surface area contributed by atoms with Crippen molar-refractivity contribution in [3.8, 4) is 0 Å². The molecule has 1 unspecified atom stereocenters. The summed E-state index contributed by atoms with van der Waals surface area (Å²) >= 11 is 5.10. The van der Waals surface area contributed by atoms with Gasteiger partial charge in [-0.05, 0) is 40.9 Å². The molecule has 0 aliphatic heterocycles. The van der Waals surface area contributed by atoms with Crippen LogP contribution >= 0.6 is 12.2 Å². The number of rotatable bonds is 5. The van der Waals surface area contributed by atoms with Gasteiger partial charge < -0.3 is 16.0 Å². The van der Waals surface area contributed by atoms with E-state index in [1.807, 2.05) is 19.9 Å². The van der Waals surface area contributed by atoms with Crippen LogP contribution in [-0.2, 0) is 0 Å². The van der Waals surface area contributed by atoms with E-state index in [4.69, 9.17) is 18.0 Å². The Labute approximate surface area is 115 Å². The number of nitrogens with two attached hydrogens (primary N) is 1. The maximum absolute atomic E-state index is 5.77. The first-order chi connectivity index (χ1) is 8.32. The van der Waals surface area contributed by atoms with Crippen LogP contribution in [0.3, 0.4) is 0 Å². The highest BCUT2D eigenvalue weighted by Crippen LogP contribution is 2.19. The molecular formula is C13H22N4S.